The largest absolute Gasteiger partial charge is 0.344 e. The summed E-state index contributed by atoms with van der Waals surface area (Å²) in [5.74, 6) is 0.0468. The molecule has 17 heavy (non-hydrogen) atoms. The quantitative estimate of drug-likeness (QED) is 0.631. The van der Waals surface area contributed by atoms with Crippen LogP contribution in [0.4, 0.5) is 0 Å². The van der Waals surface area contributed by atoms with Gasteiger partial charge >= 0.3 is 0 Å². The predicted octanol–water partition coefficient (Wildman–Crippen LogP) is -0.403. The molecule has 0 aromatic carbocycles. The molecular formula is C12H19N3O2. The van der Waals surface area contributed by atoms with Gasteiger partial charge in [0.2, 0.25) is 11.8 Å². The zero-order valence-corrected chi connectivity index (χ0v) is 10.5. The van der Waals surface area contributed by atoms with Gasteiger partial charge in [-0.05, 0) is 18.9 Å². The summed E-state index contributed by atoms with van der Waals surface area (Å²) in [6.45, 7) is 5.09. The number of rotatable bonds is 1. The molecule has 5 heteroatoms. The van der Waals surface area contributed by atoms with Crippen molar-refractivity contribution in [1.82, 2.24) is 15.1 Å². The molecule has 5 nitrogen and oxygen atoms in total. The van der Waals surface area contributed by atoms with Crippen LogP contribution >= 0.6 is 0 Å². The van der Waals surface area contributed by atoms with E-state index < -0.39 is 0 Å². The normalized spacial score (nSPS) is 21.1. The SMILES string of the molecule is CC(C(=O)N1CCCN(C)C(=O)C1)=C1CNC1. The molecule has 0 spiro atoms. The second kappa shape index (κ2) is 4.87. The fourth-order valence-electron chi connectivity index (χ4n) is 2.06. The molecule has 0 saturated carbocycles. The van der Waals surface area contributed by atoms with Gasteiger partial charge in [0.15, 0.2) is 0 Å². The Morgan fingerprint density at radius 1 is 1.29 bits per heavy atom. The summed E-state index contributed by atoms with van der Waals surface area (Å²) in [5, 5.41) is 3.12. The summed E-state index contributed by atoms with van der Waals surface area (Å²) in [6.07, 6.45) is 0.856. The average Bonchev–Trinajstić information content (AvgIpc) is 2.38. The number of nitrogens with zero attached hydrogens (tertiary/aromatic N) is 2. The fourth-order valence-corrected chi connectivity index (χ4v) is 2.06. The van der Waals surface area contributed by atoms with Crippen molar-refractivity contribution in [3.8, 4) is 0 Å². The van der Waals surface area contributed by atoms with Crippen LogP contribution < -0.4 is 5.32 Å². The van der Waals surface area contributed by atoms with Crippen molar-refractivity contribution in [3.63, 3.8) is 0 Å². The molecule has 1 N–H and O–H groups in total. The van der Waals surface area contributed by atoms with Crippen molar-refractivity contribution >= 4 is 11.8 Å². The number of hydrogen-bond donors (Lipinski definition) is 1. The molecule has 2 heterocycles. The first-order valence-electron chi connectivity index (χ1n) is 6.02. The van der Waals surface area contributed by atoms with Crippen molar-refractivity contribution in [3.05, 3.63) is 11.1 Å². The topological polar surface area (TPSA) is 52.7 Å². The molecule has 0 bridgehead atoms. The molecule has 2 fully saturated rings. The van der Waals surface area contributed by atoms with Crippen molar-refractivity contribution in [2.45, 2.75) is 13.3 Å². The van der Waals surface area contributed by atoms with Crippen molar-refractivity contribution in [1.29, 1.82) is 0 Å². The molecule has 0 atom stereocenters. The highest BCUT2D eigenvalue weighted by Gasteiger charge is 2.25. The summed E-state index contributed by atoms with van der Waals surface area (Å²) in [4.78, 5) is 27.3. The third-order valence-electron chi connectivity index (χ3n) is 3.49. The van der Waals surface area contributed by atoms with Crippen LogP contribution in [0.2, 0.25) is 0 Å². The van der Waals surface area contributed by atoms with E-state index in [0.29, 0.717) is 6.54 Å². The van der Waals surface area contributed by atoms with E-state index in [1.165, 1.54) is 5.57 Å². The summed E-state index contributed by atoms with van der Waals surface area (Å²) in [5.41, 5.74) is 1.97. The second-order valence-corrected chi connectivity index (χ2v) is 4.73. The number of amides is 2. The van der Waals surface area contributed by atoms with Gasteiger partial charge < -0.3 is 15.1 Å². The molecular weight excluding hydrogens is 218 g/mol. The molecule has 2 rings (SSSR count). The van der Waals surface area contributed by atoms with Gasteiger partial charge in [-0.1, -0.05) is 0 Å². The van der Waals surface area contributed by atoms with E-state index in [2.05, 4.69) is 5.32 Å². The van der Waals surface area contributed by atoms with E-state index in [1.807, 2.05) is 6.92 Å². The highest BCUT2D eigenvalue weighted by molar-refractivity contribution is 5.96. The van der Waals surface area contributed by atoms with Gasteiger partial charge in [-0.25, -0.2) is 0 Å². The number of likely N-dealkylation sites (N-methyl/N-ethyl adjacent to an activating group) is 1. The minimum absolute atomic E-state index is 0.0187. The van der Waals surface area contributed by atoms with E-state index in [-0.39, 0.29) is 18.4 Å². The van der Waals surface area contributed by atoms with Crippen LogP contribution in [0.1, 0.15) is 13.3 Å². The average molecular weight is 237 g/mol. The van der Waals surface area contributed by atoms with Crippen LogP contribution in [0, 0.1) is 0 Å². The van der Waals surface area contributed by atoms with Gasteiger partial charge in [-0.15, -0.1) is 0 Å². The van der Waals surface area contributed by atoms with Crippen molar-refractivity contribution < 1.29 is 9.59 Å². The first kappa shape index (κ1) is 12.1. The number of hydrogen-bond acceptors (Lipinski definition) is 3. The molecule has 0 aromatic heterocycles. The monoisotopic (exact) mass is 237 g/mol. The second-order valence-electron chi connectivity index (χ2n) is 4.73. The fraction of sp³-hybridized carbons (Fsp3) is 0.667. The van der Waals surface area contributed by atoms with E-state index >= 15 is 0 Å². The molecule has 2 amide bonds. The third-order valence-corrected chi connectivity index (χ3v) is 3.49. The summed E-state index contributed by atoms with van der Waals surface area (Å²) in [6, 6.07) is 0. The van der Waals surface area contributed by atoms with Gasteiger partial charge in [0.1, 0.15) is 6.54 Å². The van der Waals surface area contributed by atoms with E-state index in [1.54, 1.807) is 16.8 Å². The minimum Gasteiger partial charge on any atom is -0.344 e. The molecule has 0 aliphatic carbocycles. The Bertz CT molecular complexity index is 370. The Balaban J connectivity index is 2.06. The Morgan fingerprint density at radius 2 is 2.00 bits per heavy atom. The number of nitrogens with one attached hydrogen (secondary N) is 1. The summed E-state index contributed by atoms with van der Waals surface area (Å²) >= 11 is 0. The minimum atomic E-state index is 0.0187. The number of carbonyl (C=O) groups excluding carboxylic acids is 2. The first-order chi connectivity index (χ1) is 8.09. The molecule has 2 aliphatic rings. The van der Waals surface area contributed by atoms with Crippen molar-refractivity contribution in [2.75, 3.05) is 39.8 Å². The third kappa shape index (κ3) is 2.49. The molecule has 94 valence electrons. The lowest BCUT2D eigenvalue weighted by Gasteiger charge is -2.25. The maximum Gasteiger partial charge on any atom is 0.250 e. The highest BCUT2D eigenvalue weighted by atomic mass is 16.2. The Kier molecular flexibility index (Phi) is 3.47. The van der Waals surface area contributed by atoms with Gasteiger partial charge in [-0.3, -0.25) is 9.59 Å². The number of carbonyl (C=O) groups is 2. The Labute approximate surface area is 101 Å². The molecule has 2 aliphatic heterocycles. The van der Waals surface area contributed by atoms with E-state index in [9.17, 15) is 9.59 Å². The lowest BCUT2D eigenvalue weighted by molar-refractivity contribution is -0.136. The molecule has 0 aromatic rings. The Hall–Kier alpha value is -1.36. The van der Waals surface area contributed by atoms with Crippen LogP contribution in [-0.4, -0.2) is 61.4 Å². The van der Waals surface area contributed by atoms with Crippen molar-refractivity contribution in [2.24, 2.45) is 0 Å². The first-order valence-corrected chi connectivity index (χ1v) is 6.02. The van der Waals surface area contributed by atoms with Gasteiger partial charge in [0, 0.05) is 38.8 Å². The zero-order valence-electron chi connectivity index (χ0n) is 10.5. The Morgan fingerprint density at radius 3 is 2.59 bits per heavy atom. The van der Waals surface area contributed by atoms with E-state index in [4.69, 9.17) is 0 Å². The smallest absolute Gasteiger partial charge is 0.250 e. The van der Waals surface area contributed by atoms with Gasteiger partial charge in [-0.2, -0.15) is 0 Å². The lowest BCUT2D eigenvalue weighted by Crippen LogP contribution is -2.41. The van der Waals surface area contributed by atoms with Gasteiger partial charge in [0.25, 0.3) is 0 Å². The zero-order chi connectivity index (χ0) is 12.4. The van der Waals surface area contributed by atoms with Crippen LogP contribution in [0.3, 0.4) is 0 Å². The highest BCUT2D eigenvalue weighted by Crippen LogP contribution is 2.13. The van der Waals surface area contributed by atoms with Gasteiger partial charge in [0.05, 0.1) is 0 Å². The van der Waals surface area contributed by atoms with Crippen LogP contribution in [0.5, 0.6) is 0 Å². The lowest BCUT2D eigenvalue weighted by atomic mass is 10.0. The summed E-state index contributed by atoms with van der Waals surface area (Å²) < 4.78 is 0. The maximum atomic E-state index is 12.2. The molecule has 0 radical (unpaired) electrons. The maximum absolute atomic E-state index is 12.2. The molecule has 2 saturated heterocycles. The van der Waals surface area contributed by atoms with E-state index in [0.717, 1.165) is 31.6 Å². The molecule has 0 unspecified atom stereocenters. The van der Waals surface area contributed by atoms with Crippen LogP contribution in [0.15, 0.2) is 11.1 Å². The van der Waals surface area contributed by atoms with Crippen LogP contribution in [0.25, 0.3) is 0 Å². The standard InChI is InChI=1S/C12H19N3O2/c1-9(10-6-13-7-10)12(17)15-5-3-4-14(2)11(16)8-15/h13H,3-8H2,1-2H3. The summed E-state index contributed by atoms with van der Waals surface area (Å²) in [7, 11) is 1.79. The predicted molar refractivity (Wildman–Crippen MR) is 64.4 cm³/mol. The van der Waals surface area contributed by atoms with Crippen LogP contribution in [-0.2, 0) is 9.59 Å².